The Morgan fingerprint density at radius 2 is 1.86 bits per heavy atom. The molecule has 2 N–H and O–H groups in total. The van der Waals surface area contributed by atoms with Gasteiger partial charge in [-0.3, -0.25) is 5.10 Å². The number of benzene rings is 2. The molecule has 3 rings (SSSR count). The second kappa shape index (κ2) is 7.90. The van der Waals surface area contributed by atoms with Crippen molar-refractivity contribution >= 4 is 21.6 Å². The van der Waals surface area contributed by atoms with E-state index in [1.807, 2.05) is 0 Å². The van der Waals surface area contributed by atoms with Crippen LogP contribution in [-0.2, 0) is 22.6 Å². The van der Waals surface area contributed by atoms with Gasteiger partial charge in [-0.2, -0.15) is 18.3 Å². The molecule has 0 aliphatic carbocycles. The largest absolute Gasteiger partial charge is 0.417 e. The highest BCUT2D eigenvalue weighted by atomic mass is 35.5. The van der Waals surface area contributed by atoms with Gasteiger partial charge in [-0.1, -0.05) is 41.9 Å². The molecule has 1 heterocycles. The average Bonchev–Trinajstić information content (AvgIpc) is 3.14. The van der Waals surface area contributed by atoms with Gasteiger partial charge in [0.25, 0.3) is 0 Å². The molecule has 0 aliphatic heterocycles. The zero-order valence-corrected chi connectivity index (χ0v) is 15.7. The molecule has 2 aromatic carbocycles. The monoisotopic (exact) mass is 430 g/mol. The molecule has 0 saturated carbocycles. The fourth-order valence-corrected chi connectivity index (χ4v) is 4.25. The summed E-state index contributed by atoms with van der Waals surface area (Å²) in [5.74, 6) is 0.378. The molecular weight excluding hydrogens is 417 g/mol. The predicted octanol–water partition coefficient (Wildman–Crippen LogP) is 3.74. The lowest BCUT2D eigenvalue weighted by molar-refractivity contribution is -0.139. The van der Waals surface area contributed by atoms with Crippen molar-refractivity contribution in [3.63, 3.8) is 0 Å². The van der Waals surface area contributed by atoms with Crippen LogP contribution in [0.15, 0.2) is 59.8 Å². The van der Waals surface area contributed by atoms with Crippen LogP contribution in [0.1, 0.15) is 23.0 Å². The number of hydrogen-bond acceptors (Lipinski definition) is 4. The van der Waals surface area contributed by atoms with Gasteiger partial charge >= 0.3 is 6.18 Å². The zero-order chi connectivity index (χ0) is 20.4. The highest BCUT2D eigenvalue weighted by Gasteiger charge is 2.38. The summed E-state index contributed by atoms with van der Waals surface area (Å²) in [5, 5.41) is 6.10. The van der Waals surface area contributed by atoms with E-state index >= 15 is 0 Å². The van der Waals surface area contributed by atoms with E-state index in [0.29, 0.717) is 17.5 Å². The number of sulfonamides is 1. The zero-order valence-electron chi connectivity index (χ0n) is 14.1. The normalized spacial score (nSPS) is 13.4. The average molecular weight is 431 g/mol. The molecule has 0 radical (unpaired) electrons. The fraction of sp³-hybridized carbons (Fsp3) is 0.176. The minimum atomic E-state index is -4.89. The van der Waals surface area contributed by atoms with E-state index in [2.05, 4.69) is 19.9 Å². The summed E-state index contributed by atoms with van der Waals surface area (Å²) >= 11 is 5.63. The van der Waals surface area contributed by atoms with Crippen molar-refractivity contribution < 1.29 is 21.6 Å². The summed E-state index contributed by atoms with van der Waals surface area (Å²) in [7, 11) is -4.53. The van der Waals surface area contributed by atoms with Crippen LogP contribution >= 0.6 is 11.6 Å². The second-order valence-corrected chi connectivity index (χ2v) is 7.98. The Labute approximate surface area is 163 Å². The Balaban J connectivity index is 2.01. The first-order valence-corrected chi connectivity index (χ1v) is 9.81. The Hall–Kier alpha value is -2.43. The van der Waals surface area contributed by atoms with Gasteiger partial charge in [-0.15, -0.1) is 0 Å². The van der Waals surface area contributed by atoms with Crippen molar-refractivity contribution in [2.24, 2.45) is 0 Å². The van der Waals surface area contributed by atoms with Crippen LogP contribution < -0.4 is 4.72 Å². The smallest absolute Gasteiger partial charge is 0.263 e. The minimum absolute atomic E-state index is 0.0676. The standard InChI is InChI=1S/C17H14ClF3N4O2S/c18-12-6-7-15(13(8-12)17(19,20)21)28(26,27)25-14(9-16-22-10-23-24-16)11-4-2-1-3-5-11/h1-8,10,14,25H,9H2,(H,22,23,24)/t14-/m1/s1. The first-order valence-electron chi connectivity index (χ1n) is 7.95. The van der Waals surface area contributed by atoms with Gasteiger partial charge in [0.2, 0.25) is 10.0 Å². The number of nitrogens with zero attached hydrogens (tertiary/aromatic N) is 2. The van der Waals surface area contributed by atoms with Crippen LogP contribution in [-0.4, -0.2) is 23.6 Å². The van der Waals surface area contributed by atoms with Gasteiger partial charge in [-0.25, -0.2) is 18.1 Å². The number of halogens is 4. The predicted molar refractivity (Wildman–Crippen MR) is 96.0 cm³/mol. The number of hydrogen-bond donors (Lipinski definition) is 2. The molecule has 1 aromatic heterocycles. The molecule has 11 heteroatoms. The van der Waals surface area contributed by atoms with Gasteiger partial charge in [0.05, 0.1) is 16.5 Å². The van der Waals surface area contributed by atoms with Gasteiger partial charge in [0.1, 0.15) is 12.2 Å². The number of alkyl halides is 3. The molecular formula is C17H14ClF3N4O2S. The molecule has 0 aliphatic rings. The summed E-state index contributed by atoms with van der Waals surface area (Å²) in [6.07, 6.45) is -3.56. The number of H-pyrrole nitrogens is 1. The van der Waals surface area contributed by atoms with Crippen molar-refractivity contribution in [1.82, 2.24) is 19.9 Å². The number of aromatic nitrogens is 3. The van der Waals surface area contributed by atoms with Crippen LogP contribution in [0.25, 0.3) is 0 Å². The maximum Gasteiger partial charge on any atom is 0.417 e. The SMILES string of the molecule is O=S(=O)(N[C@H](Cc1ncn[nH]1)c1ccccc1)c1ccc(Cl)cc1C(F)(F)F. The van der Waals surface area contributed by atoms with E-state index < -0.39 is 32.7 Å². The molecule has 0 saturated heterocycles. The van der Waals surface area contributed by atoms with E-state index in [0.717, 1.165) is 12.1 Å². The first-order chi connectivity index (χ1) is 13.2. The highest BCUT2D eigenvalue weighted by molar-refractivity contribution is 7.89. The van der Waals surface area contributed by atoms with Gasteiger partial charge in [0, 0.05) is 11.4 Å². The first kappa shape index (κ1) is 20.3. The van der Waals surface area contributed by atoms with Gasteiger partial charge < -0.3 is 0 Å². The maximum absolute atomic E-state index is 13.4. The lowest BCUT2D eigenvalue weighted by Gasteiger charge is -2.20. The summed E-state index contributed by atoms with van der Waals surface area (Å²) in [4.78, 5) is 3.05. The van der Waals surface area contributed by atoms with Crippen LogP contribution in [0, 0.1) is 0 Å². The van der Waals surface area contributed by atoms with Crippen LogP contribution in [0.4, 0.5) is 13.2 Å². The Morgan fingerprint density at radius 1 is 1.14 bits per heavy atom. The third kappa shape index (κ3) is 4.70. The maximum atomic E-state index is 13.4. The van der Waals surface area contributed by atoms with Crippen molar-refractivity contribution in [1.29, 1.82) is 0 Å². The number of nitrogens with one attached hydrogen (secondary N) is 2. The molecule has 0 fully saturated rings. The van der Waals surface area contributed by atoms with E-state index in [1.54, 1.807) is 30.3 Å². The van der Waals surface area contributed by atoms with E-state index in [4.69, 9.17) is 11.6 Å². The third-order valence-corrected chi connectivity index (χ3v) is 5.66. The highest BCUT2D eigenvalue weighted by Crippen LogP contribution is 2.36. The van der Waals surface area contributed by atoms with E-state index in [9.17, 15) is 21.6 Å². The topological polar surface area (TPSA) is 87.7 Å². The van der Waals surface area contributed by atoms with E-state index in [1.165, 1.54) is 6.33 Å². The molecule has 1 atom stereocenters. The van der Waals surface area contributed by atoms with Crippen LogP contribution in [0.2, 0.25) is 5.02 Å². The van der Waals surface area contributed by atoms with Crippen molar-refractivity contribution in [3.05, 3.63) is 76.8 Å². The molecule has 0 spiro atoms. The number of aromatic amines is 1. The summed E-state index contributed by atoms with van der Waals surface area (Å²) in [6, 6.07) is 10.1. The summed E-state index contributed by atoms with van der Waals surface area (Å²) < 4.78 is 68.0. The molecule has 3 aromatic rings. The minimum Gasteiger partial charge on any atom is -0.263 e. The molecule has 0 amide bonds. The van der Waals surface area contributed by atoms with Crippen molar-refractivity contribution in [3.8, 4) is 0 Å². The van der Waals surface area contributed by atoms with Crippen molar-refractivity contribution in [2.45, 2.75) is 23.5 Å². The molecule has 148 valence electrons. The fourth-order valence-electron chi connectivity index (χ4n) is 2.64. The Morgan fingerprint density at radius 3 is 2.46 bits per heavy atom. The quantitative estimate of drug-likeness (QED) is 0.623. The third-order valence-electron chi connectivity index (χ3n) is 3.90. The number of rotatable bonds is 6. The van der Waals surface area contributed by atoms with Gasteiger partial charge in [-0.05, 0) is 23.8 Å². The lowest BCUT2D eigenvalue weighted by Crippen LogP contribution is -2.32. The summed E-state index contributed by atoms with van der Waals surface area (Å²) in [5.41, 5.74) is -0.774. The van der Waals surface area contributed by atoms with Gasteiger partial charge in [0.15, 0.2) is 0 Å². The van der Waals surface area contributed by atoms with Crippen LogP contribution in [0.5, 0.6) is 0 Å². The Bertz CT molecular complexity index is 1040. The summed E-state index contributed by atoms with van der Waals surface area (Å²) in [6.45, 7) is 0. The van der Waals surface area contributed by atoms with E-state index in [-0.39, 0.29) is 11.4 Å². The molecule has 6 nitrogen and oxygen atoms in total. The second-order valence-electron chi connectivity index (χ2n) is 5.86. The van der Waals surface area contributed by atoms with Crippen molar-refractivity contribution in [2.75, 3.05) is 0 Å². The molecule has 0 bridgehead atoms. The lowest BCUT2D eigenvalue weighted by atomic mass is 10.0. The molecule has 28 heavy (non-hydrogen) atoms. The molecule has 0 unspecified atom stereocenters. The van der Waals surface area contributed by atoms with Crippen LogP contribution in [0.3, 0.4) is 0 Å². The Kier molecular flexibility index (Phi) is 5.73.